The summed E-state index contributed by atoms with van der Waals surface area (Å²) in [6.45, 7) is 1.77. The summed E-state index contributed by atoms with van der Waals surface area (Å²) in [5.41, 5.74) is 0.627. The average molecular weight is 216 g/mol. The predicted octanol–water partition coefficient (Wildman–Crippen LogP) is 2.34. The third-order valence-corrected chi connectivity index (χ3v) is 2.13. The first-order valence-corrected chi connectivity index (χ1v) is 4.40. The van der Waals surface area contributed by atoms with Crippen LogP contribution in [0.5, 0.6) is 11.5 Å². The van der Waals surface area contributed by atoms with Gasteiger partial charge < -0.3 is 15.4 Å². The van der Waals surface area contributed by atoms with E-state index in [1.807, 2.05) is 0 Å². The zero-order valence-corrected chi connectivity index (χ0v) is 8.28. The molecule has 0 saturated carbocycles. The lowest BCUT2D eigenvalue weighted by atomic mass is 10.1. The van der Waals surface area contributed by atoms with Gasteiger partial charge in [-0.1, -0.05) is 23.7 Å². The second-order valence-corrected chi connectivity index (χ2v) is 3.13. The fraction of sp³-hybridized carbons (Fsp3) is 0.222. The number of benzene rings is 1. The Hall–Kier alpha value is -1.42. The highest BCUT2D eigenvalue weighted by molar-refractivity contribution is 6.32. The topological polar surface area (TPSA) is 73.1 Å². The monoisotopic (exact) mass is 215 g/mol. The van der Waals surface area contributed by atoms with Gasteiger partial charge in [0, 0.05) is 11.6 Å². The van der Waals surface area contributed by atoms with Gasteiger partial charge in [0.25, 0.3) is 0 Å². The maximum atomic E-state index is 9.44. The largest absolute Gasteiger partial charge is 0.507 e. The summed E-state index contributed by atoms with van der Waals surface area (Å²) in [6, 6.07) is 2.46. The molecular formula is C9H10ClNO3. The Morgan fingerprint density at radius 1 is 1.36 bits per heavy atom. The van der Waals surface area contributed by atoms with Crippen molar-refractivity contribution in [3.63, 3.8) is 0 Å². The molecule has 0 aliphatic heterocycles. The maximum Gasteiger partial charge on any atom is 0.137 e. The minimum atomic E-state index is -0.207. The van der Waals surface area contributed by atoms with Gasteiger partial charge in [-0.15, -0.1) is 0 Å². The quantitative estimate of drug-likeness (QED) is 0.403. The molecule has 0 amide bonds. The van der Waals surface area contributed by atoms with Crippen LogP contribution < -0.4 is 0 Å². The van der Waals surface area contributed by atoms with Crippen LogP contribution in [-0.4, -0.2) is 21.1 Å². The summed E-state index contributed by atoms with van der Waals surface area (Å²) in [6.07, 6.45) is 0.450. The maximum absolute atomic E-state index is 9.44. The first kappa shape index (κ1) is 10.7. The third-order valence-electron chi connectivity index (χ3n) is 1.83. The fourth-order valence-corrected chi connectivity index (χ4v) is 1.26. The van der Waals surface area contributed by atoms with Gasteiger partial charge in [-0.2, -0.15) is 0 Å². The minimum absolute atomic E-state index is 0.104. The Bertz CT molecular complexity index is 377. The zero-order valence-electron chi connectivity index (χ0n) is 7.53. The average Bonchev–Trinajstić information content (AvgIpc) is 2.15. The second-order valence-electron chi connectivity index (χ2n) is 2.72. The van der Waals surface area contributed by atoms with Gasteiger partial charge >= 0.3 is 0 Å². The molecule has 1 aromatic rings. The van der Waals surface area contributed by atoms with Crippen molar-refractivity contribution in [1.82, 2.24) is 0 Å². The molecule has 0 aliphatic carbocycles. The summed E-state index contributed by atoms with van der Waals surface area (Å²) in [4.78, 5) is 0. The van der Waals surface area contributed by atoms with Crippen molar-refractivity contribution in [3.8, 4) is 11.5 Å². The van der Waals surface area contributed by atoms with Crippen molar-refractivity contribution < 1.29 is 15.4 Å². The first-order chi connectivity index (χ1) is 6.60. The van der Waals surface area contributed by atoms with Gasteiger partial charge in [0.15, 0.2) is 0 Å². The number of phenols is 2. The van der Waals surface area contributed by atoms with Crippen LogP contribution in [0.1, 0.15) is 18.9 Å². The second kappa shape index (κ2) is 4.19. The molecule has 0 aromatic heterocycles. The predicted molar refractivity (Wildman–Crippen MR) is 53.4 cm³/mol. The van der Waals surface area contributed by atoms with Crippen molar-refractivity contribution in [1.29, 1.82) is 0 Å². The molecule has 0 fully saturated rings. The Labute approximate surface area is 86.1 Å². The molecule has 1 aromatic carbocycles. The molecule has 0 bridgehead atoms. The Balaban J connectivity index is 3.28. The number of oxime groups is 1. The number of phenolic OH excluding ortho intramolecular Hbond substituents is 2. The van der Waals surface area contributed by atoms with E-state index in [0.29, 0.717) is 17.7 Å². The molecule has 0 heterocycles. The van der Waals surface area contributed by atoms with Gasteiger partial charge in [0.05, 0.1) is 10.7 Å². The van der Waals surface area contributed by atoms with Gasteiger partial charge in [0.1, 0.15) is 11.5 Å². The SMILES string of the molecule is CCC(=NO)c1cc(Cl)c(O)cc1O. The van der Waals surface area contributed by atoms with Crippen LogP contribution in [-0.2, 0) is 0 Å². The molecule has 0 aliphatic rings. The Morgan fingerprint density at radius 3 is 2.50 bits per heavy atom. The lowest BCUT2D eigenvalue weighted by Crippen LogP contribution is -1.99. The van der Waals surface area contributed by atoms with E-state index in [1.165, 1.54) is 6.07 Å². The smallest absolute Gasteiger partial charge is 0.137 e. The Morgan fingerprint density at radius 2 is 2.00 bits per heavy atom. The van der Waals surface area contributed by atoms with Crippen molar-refractivity contribution >= 4 is 17.3 Å². The van der Waals surface area contributed by atoms with Crippen LogP contribution in [0.3, 0.4) is 0 Å². The minimum Gasteiger partial charge on any atom is -0.507 e. The van der Waals surface area contributed by atoms with Crippen LogP contribution in [0.2, 0.25) is 5.02 Å². The highest BCUT2D eigenvalue weighted by Gasteiger charge is 2.11. The lowest BCUT2D eigenvalue weighted by molar-refractivity contribution is 0.318. The number of halogens is 1. The van der Waals surface area contributed by atoms with Gasteiger partial charge in [0.2, 0.25) is 0 Å². The van der Waals surface area contributed by atoms with Crippen LogP contribution in [0.4, 0.5) is 0 Å². The highest BCUT2D eigenvalue weighted by atomic mass is 35.5. The lowest BCUT2D eigenvalue weighted by Gasteiger charge is -2.06. The van der Waals surface area contributed by atoms with E-state index in [0.717, 1.165) is 6.07 Å². The fourth-order valence-electron chi connectivity index (χ4n) is 1.10. The van der Waals surface area contributed by atoms with E-state index in [1.54, 1.807) is 6.92 Å². The van der Waals surface area contributed by atoms with E-state index >= 15 is 0 Å². The van der Waals surface area contributed by atoms with Gasteiger partial charge in [-0.3, -0.25) is 0 Å². The van der Waals surface area contributed by atoms with E-state index in [2.05, 4.69) is 5.16 Å². The molecule has 4 nitrogen and oxygen atoms in total. The van der Waals surface area contributed by atoms with E-state index in [9.17, 15) is 5.11 Å². The Kier molecular flexibility index (Phi) is 3.19. The van der Waals surface area contributed by atoms with Crippen molar-refractivity contribution in [2.24, 2.45) is 5.16 Å². The van der Waals surface area contributed by atoms with E-state index in [-0.39, 0.29) is 16.5 Å². The van der Waals surface area contributed by atoms with Crippen LogP contribution >= 0.6 is 11.6 Å². The summed E-state index contributed by atoms with van der Waals surface area (Å²) < 4.78 is 0. The van der Waals surface area contributed by atoms with E-state index in [4.69, 9.17) is 21.9 Å². The molecule has 0 spiro atoms. The summed E-state index contributed by atoms with van der Waals surface area (Å²) >= 11 is 5.65. The standard InChI is InChI=1S/C9H10ClNO3/c1-2-7(11-14)5-3-6(10)9(13)4-8(5)12/h3-4,12-14H,2H2,1H3. The molecule has 76 valence electrons. The third kappa shape index (κ3) is 1.90. The van der Waals surface area contributed by atoms with Crippen molar-refractivity contribution in [2.75, 3.05) is 0 Å². The first-order valence-electron chi connectivity index (χ1n) is 4.03. The van der Waals surface area contributed by atoms with Crippen LogP contribution in [0.15, 0.2) is 17.3 Å². The zero-order chi connectivity index (χ0) is 10.7. The number of aromatic hydroxyl groups is 2. The van der Waals surface area contributed by atoms with Gasteiger partial charge in [-0.05, 0) is 12.5 Å². The summed E-state index contributed by atoms with van der Waals surface area (Å²) in [5.74, 6) is -0.372. The van der Waals surface area contributed by atoms with E-state index < -0.39 is 0 Å². The molecule has 0 radical (unpaired) electrons. The highest BCUT2D eigenvalue weighted by Crippen LogP contribution is 2.31. The molecule has 0 atom stereocenters. The summed E-state index contributed by atoms with van der Waals surface area (Å²) in [5, 5.41) is 30.4. The number of hydrogen-bond donors (Lipinski definition) is 3. The number of hydrogen-bond acceptors (Lipinski definition) is 4. The number of rotatable bonds is 2. The molecule has 5 heteroatoms. The molecule has 14 heavy (non-hydrogen) atoms. The van der Waals surface area contributed by atoms with Crippen LogP contribution in [0, 0.1) is 0 Å². The van der Waals surface area contributed by atoms with Crippen molar-refractivity contribution in [2.45, 2.75) is 13.3 Å². The van der Waals surface area contributed by atoms with Crippen LogP contribution in [0.25, 0.3) is 0 Å². The molecule has 0 unspecified atom stereocenters. The molecule has 3 N–H and O–H groups in total. The van der Waals surface area contributed by atoms with Crippen molar-refractivity contribution in [3.05, 3.63) is 22.7 Å². The summed E-state index contributed by atoms with van der Waals surface area (Å²) in [7, 11) is 0. The molecule has 0 saturated heterocycles. The normalized spacial score (nSPS) is 11.7. The van der Waals surface area contributed by atoms with Gasteiger partial charge in [-0.25, -0.2) is 0 Å². The number of nitrogens with zero attached hydrogens (tertiary/aromatic N) is 1. The molecular weight excluding hydrogens is 206 g/mol. The molecule has 1 rings (SSSR count).